The highest BCUT2D eigenvalue weighted by Crippen LogP contribution is 2.35. The van der Waals surface area contributed by atoms with Crippen molar-refractivity contribution in [2.45, 2.75) is 38.0 Å². The van der Waals surface area contributed by atoms with Crippen molar-refractivity contribution in [1.29, 1.82) is 0 Å². The van der Waals surface area contributed by atoms with E-state index in [1.165, 1.54) is 28.9 Å². The number of nitrogens with one attached hydrogen (secondary N) is 1. The van der Waals surface area contributed by atoms with E-state index in [1.54, 1.807) is 29.5 Å². The van der Waals surface area contributed by atoms with Gasteiger partial charge in [0.25, 0.3) is 11.8 Å². The van der Waals surface area contributed by atoms with Crippen molar-refractivity contribution in [3.63, 3.8) is 0 Å². The maximum absolute atomic E-state index is 13.8. The molecule has 12 heteroatoms. The van der Waals surface area contributed by atoms with Crippen LogP contribution in [0.25, 0.3) is 5.69 Å². The third-order valence-electron chi connectivity index (χ3n) is 7.34. The van der Waals surface area contributed by atoms with Gasteiger partial charge in [0.2, 0.25) is 0 Å². The number of aromatic nitrogens is 3. The first kappa shape index (κ1) is 31.2. The summed E-state index contributed by atoms with van der Waals surface area (Å²) in [5, 5.41) is 20.4. The Morgan fingerprint density at radius 2 is 1.85 bits per heavy atom. The molecule has 3 heterocycles. The monoisotopic (exact) mass is 654 g/mol. The fraction of sp³-hybridized carbons (Fsp3) is 0.206. The van der Waals surface area contributed by atoms with Crippen molar-refractivity contribution < 1.29 is 18.7 Å². The van der Waals surface area contributed by atoms with E-state index in [0.717, 1.165) is 33.2 Å². The van der Waals surface area contributed by atoms with Crippen LogP contribution in [-0.4, -0.2) is 49.7 Å². The molecule has 0 spiro atoms. The zero-order valence-electron chi connectivity index (χ0n) is 25.2. The molecule has 1 N–H and O–H groups in total. The van der Waals surface area contributed by atoms with E-state index in [1.807, 2.05) is 78.4 Å². The highest BCUT2D eigenvalue weighted by molar-refractivity contribution is 7.99. The summed E-state index contributed by atoms with van der Waals surface area (Å²) in [5.41, 5.74) is 3.91. The summed E-state index contributed by atoms with van der Waals surface area (Å²) in [7, 11) is 0. The molecule has 1 aliphatic rings. The topological polar surface area (TPSA) is 102 Å². The van der Waals surface area contributed by atoms with Crippen LogP contribution < -0.4 is 10.1 Å². The average Bonchev–Trinajstić information content (AvgIpc) is 3.84. The number of aryl methyl sites for hydroxylation is 1. The van der Waals surface area contributed by atoms with Gasteiger partial charge in [0, 0.05) is 17.7 Å². The van der Waals surface area contributed by atoms with Crippen molar-refractivity contribution in [2.75, 3.05) is 12.4 Å². The van der Waals surface area contributed by atoms with E-state index in [2.05, 4.69) is 15.5 Å². The predicted molar refractivity (Wildman–Crippen MR) is 177 cm³/mol. The Balaban J connectivity index is 1.24. The quantitative estimate of drug-likeness (QED) is 0.162. The maximum Gasteiger partial charge on any atom is 0.253 e. The number of hydrogen-bond acceptors (Lipinski definition) is 8. The number of nitrogens with zero attached hydrogens (tertiary/aromatic N) is 5. The van der Waals surface area contributed by atoms with Crippen molar-refractivity contribution >= 4 is 40.6 Å². The van der Waals surface area contributed by atoms with Gasteiger partial charge >= 0.3 is 0 Å². The number of benzene rings is 3. The van der Waals surface area contributed by atoms with Crippen LogP contribution in [0.2, 0.25) is 0 Å². The van der Waals surface area contributed by atoms with Crippen molar-refractivity contribution in [3.8, 4) is 11.4 Å². The first-order chi connectivity index (χ1) is 22.4. The molecular weight excluding hydrogens is 624 g/mol. The number of hydrazone groups is 1. The van der Waals surface area contributed by atoms with Gasteiger partial charge in [0.05, 0.1) is 35.5 Å². The van der Waals surface area contributed by atoms with Crippen molar-refractivity contribution in [2.24, 2.45) is 5.10 Å². The Labute approximate surface area is 274 Å². The summed E-state index contributed by atoms with van der Waals surface area (Å²) in [6.45, 7) is 4.51. The van der Waals surface area contributed by atoms with Crippen LogP contribution in [-0.2, 0) is 11.3 Å². The van der Waals surface area contributed by atoms with Crippen LogP contribution in [0.1, 0.15) is 51.6 Å². The lowest BCUT2D eigenvalue weighted by Crippen LogP contribution is -2.28. The molecule has 0 saturated heterocycles. The highest BCUT2D eigenvalue weighted by Gasteiger charge is 2.33. The molecule has 1 atom stereocenters. The lowest BCUT2D eigenvalue weighted by Gasteiger charge is -2.22. The molecule has 0 aliphatic carbocycles. The number of carbonyl (C=O) groups excluding carboxylic acids is 2. The van der Waals surface area contributed by atoms with Gasteiger partial charge in [-0.05, 0) is 79.4 Å². The van der Waals surface area contributed by atoms with E-state index >= 15 is 0 Å². The molecule has 6 rings (SSSR count). The van der Waals surface area contributed by atoms with Gasteiger partial charge < -0.3 is 10.1 Å². The summed E-state index contributed by atoms with van der Waals surface area (Å²) in [6, 6.07) is 24.6. The van der Waals surface area contributed by atoms with Crippen LogP contribution in [0.5, 0.6) is 5.75 Å². The number of ether oxygens (including phenoxy) is 1. The molecule has 9 nitrogen and oxygen atoms in total. The molecule has 5 aromatic rings. The zero-order valence-corrected chi connectivity index (χ0v) is 26.9. The molecule has 1 aliphatic heterocycles. The largest absolute Gasteiger partial charge is 0.494 e. The minimum Gasteiger partial charge on any atom is -0.494 e. The number of hydrogen-bond donors (Lipinski definition) is 1. The molecule has 0 fully saturated rings. The van der Waals surface area contributed by atoms with Gasteiger partial charge in [0.1, 0.15) is 11.6 Å². The number of amides is 2. The molecule has 0 saturated carbocycles. The third-order valence-corrected chi connectivity index (χ3v) is 9.18. The fourth-order valence-corrected chi connectivity index (χ4v) is 6.69. The van der Waals surface area contributed by atoms with E-state index in [9.17, 15) is 14.0 Å². The zero-order chi connectivity index (χ0) is 32.0. The lowest BCUT2D eigenvalue weighted by molar-refractivity contribution is -0.130. The van der Waals surface area contributed by atoms with Gasteiger partial charge in [-0.1, -0.05) is 47.7 Å². The minimum atomic E-state index is -0.359. The molecule has 0 bridgehead atoms. The number of thioether (sulfide) groups is 1. The Bertz CT molecular complexity index is 1860. The van der Waals surface area contributed by atoms with Crippen LogP contribution in [0.4, 0.5) is 4.39 Å². The van der Waals surface area contributed by atoms with E-state index in [4.69, 9.17) is 9.84 Å². The molecule has 3 aromatic carbocycles. The maximum atomic E-state index is 13.8. The molecular formula is C34H31FN6O3S2. The van der Waals surface area contributed by atoms with E-state index in [0.29, 0.717) is 29.6 Å². The molecule has 0 radical (unpaired) electrons. The van der Waals surface area contributed by atoms with Crippen LogP contribution in [0.15, 0.2) is 101 Å². The molecule has 2 amide bonds. The summed E-state index contributed by atoms with van der Waals surface area (Å²) >= 11 is 2.79. The van der Waals surface area contributed by atoms with Gasteiger partial charge in [-0.25, -0.2) is 9.40 Å². The Morgan fingerprint density at radius 1 is 1.04 bits per heavy atom. The second-order valence-corrected chi connectivity index (χ2v) is 12.4. The highest BCUT2D eigenvalue weighted by atomic mass is 32.2. The van der Waals surface area contributed by atoms with Crippen LogP contribution in [0.3, 0.4) is 0 Å². The predicted octanol–water partition coefficient (Wildman–Crippen LogP) is 6.58. The van der Waals surface area contributed by atoms with E-state index in [-0.39, 0.29) is 36.0 Å². The fourth-order valence-electron chi connectivity index (χ4n) is 5.14. The molecule has 234 valence electrons. The second-order valence-electron chi connectivity index (χ2n) is 10.5. The first-order valence-corrected chi connectivity index (χ1v) is 16.6. The van der Waals surface area contributed by atoms with Crippen molar-refractivity contribution in [1.82, 2.24) is 25.1 Å². The van der Waals surface area contributed by atoms with Gasteiger partial charge in [0.15, 0.2) is 11.0 Å². The van der Waals surface area contributed by atoms with Crippen LogP contribution in [0, 0.1) is 12.7 Å². The number of halogens is 1. The number of carbonyl (C=O) groups is 2. The summed E-state index contributed by atoms with van der Waals surface area (Å²) < 4.78 is 21.2. The van der Waals surface area contributed by atoms with Crippen LogP contribution >= 0.6 is 23.1 Å². The second kappa shape index (κ2) is 14.1. The Hall–Kier alpha value is -4.81. The Kier molecular flexibility index (Phi) is 9.55. The number of rotatable bonds is 11. The van der Waals surface area contributed by atoms with Crippen molar-refractivity contribution in [3.05, 3.63) is 124 Å². The van der Waals surface area contributed by atoms with Gasteiger partial charge in [-0.15, -0.1) is 21.5 Å². The molecule has 2 aromatic heterocycles. The Morgan fingerprint density at radius 3 is 2.57 bits per heavy atom. The average molecular weight is 655 g/mol. The number of thiophene rings is 1. The standard InChI is InChI=1S/C34H31FN6O3S2/c1-3-44-27-15-13-26(14-16-27)40-31(20-36-33(43)24-7-4-6-22(2)18-24)37-38-34(40)46-21-32(42)41-29(23-9-11-25(35)12-10-23)19-28(39-41)30-8-5-17-45-30/h4-18,29H,3,19-21H2,1-2H3,(H,36,43). The normalized spacial score (nSPS) is 14.3. The SMILES string of the molecule is CCOc1ccc(-n2c(CNC(=O)c3cccc(C)c3)nnc2SCC(=O)N2N=C(c3cccs3)CC2c2ccc(F)cc2)cc1. The first-order valence-electron chi connectivity index (χ1n) is 14.7. The summed E-state index contributed by atoms with van der Waals surface area (Å²) in [4.78, 5) is 27.6. The summed E-state index contributed by atoms with van der Waals surface area (Å²) in [5.74, 6) is 0.468. The van der Waals surface area contributed by atoms with Gasteiger partial charge in [-0.2, -0.15) is 5.10 Å². The molecule has 1 unspecified atom stereocenters. The smallest absolute Gasteiger partial charge is 0.253 e. The van der Waals surface area contributed by atoms with E-state index < -0.39 is 0 Å². The van der Waals surface area contributed by atoms with Gasteiger partial charge in [-0.3, -0.25) is 14.2 Å². The molecule has 46 heavy (non-hydrogen) atoms. The lowest BCUT2D eigenvalue weighted by atomic mass is 10.0. The third kappa shape index (κ3) is 7.03. The summed E-state index contributed by atoms with van der Waals surface area (Å²) in [6.07, 6.45) is 0.524. The minimum absolute atomic E-state index is 0.0315.